The number of rotatable bonds is 8. The van der Waals surface area contributed by atoms with Crippen LogP contribution in [-0.2, 0) is 0 Å². The first-order valence-electron chi connectivity index (χ1n) is 13.4. The second-order valence-corrected chi connectivity index (χ2v) is 12.1. The number of pyridine rings is 1. The fraction of sp³-hybridized carbons (Fsp3) is 0.593. The third-order valence-corrected chi connectivity index (χ3v) is 9.13. The highest BCUT2D eigenvalue weighted by Crippen LogP contribution is 2.44. The molecule has 3 aromatic rings. The van der Waals surface area contributed by atoms with Crippen LogP contribution in [0.5, 0.6) is 0 Å². The van der Waals surface area contributed by atoms with Gasteiger partial charge in [0.15, 0.2) is 5.01 Å². The maximum Gasteiger partial charge on any atom is 0.167 e. The summed E-state index contributed by atoms with van der Waals surface area (Å²) in [5.74, 6) is 1.01. The average Bonchev–Trinajstić information content (AvgIpc) is 3.32. The molecule has 0 radical (unpaired) electrons. The first-order valence-corrected chi connectivity index (χ1v) is 14.2. The first-order chi connectivity index (χ1) is 17.6. The van der Waals surface area contributed by atoms with Crippen molar-refractivity contribution in [2.24, 2.45) is 5.41 Å². The zero-order chi connectivity index (χ0) is 24.5. The summed E-state index contributed by atoms with van der Waals surface area (Å²) in [6, 6.07) is 4.94. The van der Waals surface area contributed by atoms with Crippen LogP contribution in [0.15, 0.2) is 30.7 Å². The van der Waals surface area contributed by atoms with E-state index in [0.717, 1.165) is 59.9 Å². The van der Waals surface area contributed by atoms with E-state index in [9.17, 15) is 0 Å². The van der Waals surface area contributed by atoms with Crippen molar-refractivity contribution in [3.8, 4) is 10.7 Å². The summed E-state index contributed by atoms with van der Waals surface area (Å²) < 4.78 is 0. The Morgan fingerprint density at radius 1 is 1.06 bits per heavy atom. The highest BCUT2D eigenvalue weighted by Gasteiger charge is 2.37. The number of piperidine rings is 1. The van der Waals surface area contributed by atoms with Gasteiger partial charge in [-0.15, -0.1) is 10.2 Å². The molecule has 2 saturated heterocycles. The first kappa shape index (κ1) is 23.7. The topological polar surface area (TPSA) is 83.0 Å². The van der Waals surface area contributed by atoms with Gasteiger partial charge in [-0.1, -0.05) is 25.2 Å². The van der Waals surface area contributed by atoms with E-state index >= 15 is 0 Å². The number of hydrogen-bond acceptors (Lipinski definition) is 9. The molecule has 0 spiro atoms. The Morgan fingerprint density at radius 3 is 2.67 bits per heavy atom. The zero-order valence-corrected chi connectivity index (χ0v) is 22.2. The molecule has 2 atom stereocenters. The van der Waals surface area contributed by atoms with Crippen molar-refractivity contribution in [2.75, 3.05) is 42.5 Å². The van der Waals surface area contributed by atoms with E-state index in [1.165, 1.54) is 44.2 Å². The van der Waals surface area contributed by atoms with Gasteiger partial charge in [-0.05, 0) is 56.1 Å². The lowest BCUT2D eigenvalue weighted by atomic mass is 10.0. The molecule has 0 amide bonds. The molecule has 3 aliphatic rings. The number of aromatic nitrogens is 5. The molecule has 0 bridgehead atoms. The lowest BCUT2D eigenvalue weighted by Gasteiger charge is -2.35. The fourth-order valence-corrected chi connectivity index (χ4v) is 6.06. The van der Waals surface area contributed by atoms with Crippen LogP contribution in [-0.4, -0.2) is 63.9 Å². The van der Waals surface area contributed by atoms with Gasteiger partial charge in [0.25, 0.3) is 0 Å². The fourth-order valence-electron chi connectivity index (χ4n) is 5.20. The molecule has 1 aliphatic carbocycles. The molecule has 0 aromatic carbocycles. The lowest BCUT2D eigenvalue weighted by molar-refractivity contribution is 0.383. The predicted molar refractivity (Wildman–Crippen MR) is 145 cm³/mol. The molecule has 8 nitrogen and oxygen atoms in total. The molecule has 1 saturated carbocycles. The molecular weight excluding hydrogens is 468 g/mol. The lowest BCUT2D eigenvalue weighted by Crippen LogP contribution is -2.47. The summed E-state index contributed by atoms with van der Waals surface area (Å²) >= 11 is 1.58. The molecule has 3 fully saturated rings. The van der Waals surface area contributed by atoms with Crippen LogP contribution in [0.25, 0.3) is 10.7 Å². The van der Waals surface area contributed by atoms with Crippen LogP contribution in [0.1, 0.15) is 69.0 Å². The van der Waals surface area contributed by atoms with E-state index in [1.54, 1.807) is 17.5 Å². The SMILES string of the molecule is CC(c1ccc(N2CCC[C@@H](NCC3(C)CC3)C2)cn1)c1nnc(-c2cncc(N3CCCC3)n2)s1. The van der Waals surface area contributed by atoms with E-state index in [4.69, 9.17) is 9.97 Å². The number of nitrogens with zero attached hydrogens (tertiary/aromatic N) is 7. The van der Waals surface area contributed by atoms with Crippen molar-refractivity contribution in [1.82, 2.24) is 30.5 Å². The monoisotopic (exact) mass is 504 g/mol. The normalized spacial score (nSPS) is 22.1. The van der Waals surface area contributed by atoms with Crippen molar-refractivity contribution in [3.63, 3.8) is 0 Å². The van der Waals surface area contributed by atoms with E-state index in [-0.39, 0.29) is 5.92 Å². The summed E-state index contributed by atoms with van der Waals surface area (Å²) in [5, 5.41) is 14.5. The van der Waals surface area contributed by atoms with Crippen LogP contribution in [0, 0.1) is 5.41 Å². The van der Waals surface area contributed by atoms with Gasteiger partial charge in [-0.25, -0.2) is 4.98 Å². The third-order valence-electron chi connectivity index (χ3n) is 8.00. The molecule has 190 valence electrons. The van der Waals surface area contributed by atoms with Crippen molar-refractivity contribution < 1.29 is 0 Å². The number of hydrogen-bond donors (Lipinski definition) is 1. The molecule has 6 rings (SSSR count). The average molecular weight is 505 g/mol. The summed E-state index contributed by atoms with van der Waals surface area (Å²) in [6.45, 7) is 9.95. The Kier molecular flexibility index (Phi) is 6.60. The van der Waals surface area contributed by atoms with Gasteiger partial charge in [-0.3, -0.25) is 9.97 Å². The van der Waals surface area contributed by atoms with E-state index in [1.807, 2.05) is 12.4 Å². The minimum Gasteiger partial charge on any atom is -0.369 e. The van der Waals surface area contributed by atoms with Crippen molar-refractivity contribution in [3.05, 3.63) is 41.4 Å². The van der Waals surface area contributed by atoms with Gasteiger partial charge in [0, 0.05) is 38.8 Å². The molecule has 5 heterocycles. The van der Waals surface area contributed by atoms with Gasteiger partial charge >= 0.3 is 0 Å². The Morgan fingerprint density at radius 2 is 1.89 bits per heavy atom. The minimum absolute atomic E-state index is 0.0788. The highest BCUT2D eigenvalue weighted by molar-refractivity contribution is 7.14. The molecule has 1 unspecified atom stereocenters. The Balaban J connectivity index is 1.10. The van der Waals surface area contributed by atoms with Gasteiger partial charge in [-0.2, -0.15) is 0 Å². The molecule has 1 N–H and O–H groups in total. The minimum atomic E-state index is 0.0788. The second kappa shape index (κ2) is 10.0. The summed E-state index contributed by atoms with van der Waals surface area (Å²) in [7, 11) is 0. The largest absolute Gasteiger partial charge is 0.369 e. The third kappa shape index (κ3) is 5.22. The Hall–Kier alpha value is -2.65. The molecule has 3 aromatic heterocycles. The van der Waals surface area contributed by atoms with E-state index in [2.05, 4.69) is 56.3 Å². The maximum absolute atomic E-state index is 4.84. The highest BCUT2D eigenvalue weighted by atomic mass is 32.1. The number of nitrogens with one attached hydrogen (secondary N) is 1. The maximum atomic E-state index is 4.84. The van der Waals surface area contributed by atoms with Gasteiger partial charge in [0.05, 0.1) is 35.9 Å². The van der Waals surface area contributed by atoms with E-state index < -0.39 is 0 Å². The molecule has 2 aliphatic heterocycles. The van der Waals surface area contributed by atoms with Crippen molar-refractivity contribution in [1.29, 1.82) is 0 Å². The van der Waals surface area contributed by atoms with Gasteiger partial charge < -0.3 is 15.1 Å². The summed E-state index contributed by atoms with van der Waals surface area (Å²) in [6.07, 6.45) is 13.3. The number of anilines is 2. The van der Waals surface area contributed by atoms with Gasteiger partial charge in [0.1, 0.15) is 16.5 Å². The quantitative estimate of drug-likeness (QED) is 0.480. The van der Waals surface area contributed by atoms with Gasteiger partial charge in [0.2, 0.25) is 0 Å². The summed E-state index contributed by atoms with van der Waals surface area (Å²) in [5.41, 5.74) is 3.58. The standard InChI is InChI=1S/C27H36N8S/c1-19(25-32-33-26(36-25)23-15-28-16-24(31-23)34-11-3-4-12-34)22-8-7-21(14-29-22)35-13-5-6-20(17-35)30-18-27(2)9-10-27/h7-8,14-16,19-20,30H,3-6,9-13,17-18H2,1-2H3/t19?,20-/m1/s1. The molecular formula is C27H36N8S. The smallest absolute Gasteiger partial charge is 0.167 e. The Labute approximate surface area is 217 Å². The molecule has 36 heavy (non-hydrogen) atoms. The molecule has 9 heteroatoms. The second-order valence-electron chi connectivity index (χ2n) is 11.0. The van der Waals surface area contributed by atoms with Crippen LogP contribution >= 0.6 is 11.3 Å². The predicted octanol–water partition coefficient (Wildman–Crippen LogP) is 4.50. The zero-order valence-electron chi connectivity index (χ0n) is 21.4. The van der Waals surface area contributed by atoms with E-state index in [0.29, 0.717) is 11.5 Å². The van der Waals surface area contributed by atoms with Crippen LogP contribution in [0.2, 0.25) is 0 Å². The van der Waals surface area contributed by atoms with Crippen LogP contribution in [0.4, 0.5) is 11.5 Å². The van der Waals surface area contributed by atoms with Crippen LogP contribution < -0.4 is 15.1 Å². The van der Waals surface area contributed by atoms with Crippen molar-refractivity contribution in [2.45, 2.75) is 64.3 Å². The van der Waals surface area contributed by atoms with Crippen LogP contribution in [0.3, 0.4) is 0 Å². The summed E-state index contributed by atoms with van der Waals surface area (Å²) in [4.78, 5) is 18.8. The van der Waals surface area contributed by atoms with Crippen molar-refractivity contribution >= 4 is 22.8 Å². The Bertz CT molecular complexity index is 1170.